The van der Waals surface area contributed by atoms with Gasteiger partial charge in [-0.15, -0.1) is 0 Å². The molecular formula is C22H27NO5. The van der Waals surface area contributed by atoms with Crippen molar-refractivity contribution < 1.29 is 23.7 Å². The van der Waals surface area contributed by atoms with Gasteiger partial charge in [-0.05, 0) is 43.7 Å². The van der Waals surface area contributed by atoms with Crippen molar-refractivity contribution in [2.75, 3.05) is 33.7 Å². The number of benzene rings is 2. The van der Waals surface area contributed by atoms with E-state index in [1.165, 1.54) is 0 Å². The number of carbonyl (C=O) groups is 1. The van der Waals surface area contributed by atoms with Gasteiger partial charge in [0, 0.05) is 22.8 Å². The van der Waals surface area contributed by atoms with Gasteiger partial charge in [0.15, 0.2) is 17.3 Å². The van der Waals surface area contributed by atoms with Gasteiger partial charge in [0.05, 0.1) is 33.6 Å². The van der Waals surface area contributed by atoms with Crippen LogP contribution in [0.2, 0.25) is 0 Å². The summed E-state index contributed by atoms with van der Waals surface area (Å²) < 4.78 is 21.6. The molecule has 28 heavy (non-hydrogen) atoms. The molecule has 0 amide bonds. The molecule has 6 heteroatoms. The van der Waals surface area contributed by atoms with Crippen LogP contribution in [0.15, 0.2) is 35.9 Å². The molecule has 2 aromatic carbocycles. The molecule has 0 bridgehead atoms. The summed E-state index contributed by atoms with van der Waals surface area (Å²) in [6.07, 6.45) is 2.33. The van der Waals surface area contributed by atoms with E-state index >= 15 is 0 Å². The van der Waals surface area contributed by atoms with E-state index in [9.17, 15) is 4.79 Å². The SMILES string of the molecule is CCOc1ccc(C(=O)/C(=C/c2cc(OC)cc(OC)c2OC)CC)cc1N. The van der Waals surface area contributed by atoms with Gasteiger partial charge in [-0.25, -0.2) is 0 Å². The fraction of sp³-hybridized carbons (Fsp3) is 0.318. The Kier molecular flexibility index (Phi) is 7.32. The lowest BCUT2D eigenvalue weighted by molar-refractivity contribution is 0.103. The smallest absolute Gasteiger partial charge is 0.189 e. The fourth-order valence-electron chi connectivity index (χ4n) is 2.87. The van der Waals surface area contributed by atoms with Gasteiger partial charge in [0.25, 0.3) is 0 Å². The maximum atomic E-state index is 13.0. The van der Waals surface area contributed by atoms with Crippen LogP contribution in [0.5, 0.6) is 23.0 Å². The third-order valence-electron chi connectivity index (χ3n) is 4.29. The Hall–Kier alpha value is -3.15. The molecule has 0 heterocycles. The molecule has 0 unspecified atom stereocenters. The van der Waals surface area contributed by atoms with Crippen LogP contribution in [0.4, 0.5) is 5.69 Å². The van der Waals surface area contributed by atoms with E-state index in [0.29, 0.717) is 58.4 Å². The minimum atomic E-state index is -0.110. The number of ketones is 1. The highest BCUT2D eigenvalue weighted by Crippen LogP contribution is 2.37. The van der Waals surface area contributed by atoms with Crippen LogP contribution in [0.3, 0.4) is 0 Å². The molecule has 0 aliphatic heterocycles. The van der Waals surface area contributed by atoms with E-state index in [1.54, 1.807) is 57.7 Å². The molecule has 2 N–H and O–H groups in total. The van der Waals surface area contributed by atoms with E-state index in [2.05, 4.69) is 0 Å². The van der Waals surface area contributed by atoms with Crippen molar-refractivity contribution in [2.24, 2.45) is 0 Å². The number of Topliss-reactive ketones (excluding diaryl/α,β-unsaturated/α-hetero) is 1. The van der Waals surface area contributed by atoms with E-state index < -0.39 is 0 Å². The summed E-state index contributed by atoms with van der Waals surface area (Å²) in [5, 5.41) is 0. The Morgan fingerprint density at radius 2 is 1.75 bits per heavy atom. The van der Waals surface area contributed by atoms with Crippen molar-refractivity contribution in [3.05, 3.63) is 47.0 Å². The zero-order chi connectivity index (χ0) is 20.7. The third-order valence-corrected chi connectivity index (χ3v) is 4.29. The zero-order valence-electron chi connectivity index (χ0n) is 17.0. The van der Waals surface area contributed by atoms with E-state index in [0.717, 1.165) is 0 Å². The van der Waals surface area contributed by atoms with E-state index in [1.807, 2.05) is 13.8 Å². The summed E-state index contributed by atoms with van der Waals surface area (Å²) in [6.45, 7) is 4.31. The Bertz CT molecular complexity index is 873. The number of methoxy groups -OCH3 is 3. The second kappa shape index (κ2) is 9.69. The Morgan fingerprint density at radius 1 is 1.00 bits per heavy atom. The first kappa shape index (κ1) is 21.2. The highest BCUT2D eigenvalue weighted by Gasteiger charge is 2.16. The Labute approximate surface area is 165 Å². The average molecular weight is 385 g/mol. The number of ether oxygens (including phenoxy) is 4. The Balaban J connectivity index is 2.48. The topological polar surface area (TPSA) is 80.0 Å². The van der Waals surface area contributed by atoms with Gasteiger partial charge in [0.2, 0.25) is 0 Å². The lowest BCUT2D eigenvalue weighted by Crippen LogP contribution is -2.05. The number of nitrogens with two attached hydrogens (primary N) is 1. The predicted octanol–water partition coefficient (Wildman–Crippen LogP) is 4.37. The second-order valence-electron chi connectivity index (χ2n) is 5.99. The number of anilines is 1. The zero-order valence-corrected chi connectivity index (χ0v) is 17.0. The first-order chi connectivity index (χ1) is 13.5. The summed E-state index contributed by atoms with van der Waals surface area (Å²) in [7, 11) is 4.69. The molecule has 0 atom stereocenters. The minimum Gasteiger partial charge on any atom is -0.497 e. The van der Waals surface area contributed by atoms with Gasteiger partial charge < -0.3 is 24.7 Å². The first-order valence-corrected chi connectivity index (χ1v) is 9.06. The Morgan fingerprint density at radius 3 is 2.29 bits per heavy atom. The van der Waals surface area contributed by atoms with Crippen molar-refractivity contribution in [3.63, 3.8) is 0 Å². The van der Waals surface area contributed by atoms with Crippen LogP contribution in [-0.4, -0.2) is 33.7 Å². The molecule has 2 rings (SSSR count). The van der Waals surface area contributed by atoms with Gasteiger partial charge >= 0.3 is 0 Å². The quantitative estimate of drug-likeness (QED) is 0.392. The van der Waals surface area contributed by atoms with Crippen LogP contribution in [0, 0.1) is 0 Å². The van der Waals surface area contributed by atoms with Crippen LogP contribution >= 0.6 is 0 Å². The molecule has 0 aliphatic carbocycles. The third kappa shape index (κ3) is 4.57. The van der Waals surface area contributed by atoms with Crippen molar-refractivity contribution in [2.45, 2.75) is 20.3 Å². The molecule has 0 spiro atoms. The number of carbonyl (C=O) groups excluding carboxylic acids is 1. The summed E-state index contributed by atoms with van der Waals surface area (Å²) in [5.74, 6) is 2.13. The molecule has 0 aliphatic rings. The molecule has 6 nitrogen and oxygen atoms in total. The number of nitrogen functional groups attached to an aromatic ring is 1. The van der Waals surface area contributed by atoms with Gasteiger partial charge in [-0.1, -0.05) is 6.92 Å². The molecule has 150 valence electrons. The predicted molar refractivity (Wildman–Crippen MR) is 111 cm³/mol. The summed E-state index contributed by atoms with van der Waals surface area (Å²) >= 11 is 0. The normalized spacial score (nSPS) is 11.1. The summed E-state index contributed by atoms with van der Waals surface area (Å²) in [6, 6.07) is 8.61. The van der Waals surface area contributed by atoms with Crippen molar-refractivity contribution >= 4 is 17.5 Å². The van der Waals surface area contributed by atoms with Gasteiger partial charge in [-0.2, -0.15) is 0 Å². The minimum absolute atomic E-state index is 0.110. The molecule has 0 radical (unpaired) electrons. The molecule has 0 saturated carbocycles. The summed E-state index contributed by atoms with van der Waals surface area (Å²) in [4.78, 5) is 13.0. The van der Waals surface area contributed by atoms with Crippen LogP contribution < -0.4 is 24.7 Å². The molecule has 0 aromatic heterocycles. The number of allylic oxidation sites excluding steroid dienone is 1. The number of hydrogen-bond donors (Lipinski definition) is 1. The highest BCUT2D eigenvalue weighted by molar-refractivity contribution is 6.12. The van der Waals surface area contributed by atoms with Crippen molar-refractivity contribution in [1.82, 2.24) is 0 Å². The van der Waals surface area contributed by atoms with Gasteiger partial charge in [0.1, 0.15) is 11.5 Å². The fourth-order valence-corrected chi connectivity index (χ4v) is 2.87. The molecular weight excluding hydrogens is 358 g/mol. The maximum Gasteiger partial charge on any atom is 0.189 e. The van der Waals surface area contributed by atoms with Crippen LogP contribution in [-0.2, 0) is 0 Å². The molecule has 2 aromatic rings. The summed E-state index contributed by atoms with van der Waals surface area (Å²) in [5.41, 5.74) is 8.25. The standard InChI is InChI=1S/C22H27NO5/c1-6-14(21(24)15-8-9-19(28-7-2)18(23)12-15)10-16-11-17(25-3)13-20(26-4)22(16)27-5/h8-13H,6-7,23H2,1-5H3/b14-10+. The monoisotopic (exact) mass is 385 g/mol. The molecule has 0 fully saturated rings. The lowest BCUT2D eigenvalue weighted by Gasteiger charge is -2.14. The van der Waals surface area contributed by atoms with E-state index in [-0.39, 0.29) is 5.78 Å². The highest BCUT2D eigenvalue weighted by atomic mass is 16.5. The van der Waals surface area contributed by atoms with Gasteiger partial charge in [-0.3, -0.25) is 4.79 Å². The first-order valence-electron chi connectivity index (χ1n) is 9.06. The lowest BCUT2D eigenvalue weighted by atomic mass is 9.98. The van der Waals surface area contributed by atoms with Crippen molar-refractivity contribution in [3.8, 4) is 23.0 Å². The largest absolute Gasteiger partial charge is 0.497 e. The number of rotatable bonds is 9. The van der Waals surface area contributed by atoms with Crippen LogP contribution in [0.1, 0.15) is 36.2 Å². The average Bonchev–Trinajstić information content (AvgIpc) is 2.72. The number of hydrogen-bond acceptors (Lipinski definition) is 6. The van der Waals surface area contributed by atoms with Crippen LogP contribution in [0.25, 0.3) is 6.08 Å². The second-order valence-corrected chi connectivity index (χ2v) is 5.99. The van der Waals surface area contributed by atoms with Crippen molar-refractivity contribution in [1.29, 1.82) is 0 Å². The maximum absolute atomic E-state index is 13.0. The molecule has 0 saturated heterocycles. The van der Waals surface area contributed by atoms with E-state index in [4.69, 9.17) is 24.7 Å².